The Bertz CT molecular complexity index is 142. The molecule has 0 spiro atoms. The first-order chi connectivity index (χ1) is 5.54. The van der Waals surface area contributed by atoms with Crippen LogP contribution in [0.2, 0.25) is 0 Å². The number of carbonyl (C=O) groups is 1. The fourth-order valence-electron chi connectivity index (χ4n) is 0.604. The van der Waals surface area contributed by atoms with Gasteiger partial charge in [-0.2, -0.15) is 0 Å². The molecule has 72 valence electrons. The molecule has 0 unspecified atom stereocenters. The van der Waals surface area contributed by atoms with Crippen molar-refractivity contribution in [3.63, 3.8) is 0 Å². The first kappa shape index (κ1) is 11.8. The Hall–Kier alpha value is -0.200. The predicted octanol–water partition coefficient (Wildman–Crippen LogP) is -2.13. The lowest BCUT2D eigenvalue weighted by molar-refractivity contribution is -0.114. The van der Waals surface area contributed by atoms with Gasteiger partial charge in [0.1, 0.15) is 30.0 Å². The number of aliphatic hydroxyl groups is 4. The fourth-order valence-corrected chi connectivity index (χ4v) is 0.754. The zero-order chi connectivity index (χ0) is 9.72. The van der Waals surface area contributed by atoms with Crippen LogP contribution in [-0.4, -0.2) is 57.0 Å². The molecule has 0 radical (unpaired) electrons. The van der Waals surface area contributed by atoms with E-state index in [4.69, 9.17) is 32.0 Å². The summed E-state index contributed by atoms with van der Waals surface area (Å²) in [6, 6.07) is 0. The van der Waals surface area contributed by atoms with Crippen molar-refractivity contribution in [1.29, 1.82) is 0 Å². The van der Waals surface area contributed by atoms with Gasteiger partial charge >= 0.3 is 0 Å². The lowest BCUT2D eigenvalue weighted by atomic mass is 10.1. The van der Waals surface area contributed by atoms with E-state index < -0.39 is 30.3 Å². The largest absolute Gasteiger partial charge is 0.394 e. The number of hydrogen-bond acceptors (Lipinski definition) is 5. The second-order valence-corrected chi connectivity index (χ2v) is 2.82. The van der Waals surface area contributed by atoms with Gasteiger partial charge in [0.05, 0.1) is 6.61 Å². The topological polar surface area (TPSA) is 98.0 Å². The monoisotopic (exact) mass is 198 g/mol. The lowest BCUT2D eigenvalue weighted by Crippen LogP contribution is -2.44. The molecule has 12 heavy (non-hydrogen) atoms. The molecule has 4 atom stereocenters. The number of alkyl halides is 1. The van der Waals surface area contributed by atoms with Crippen molar-refractivity contribution in [2.45, 2.75) is 23.7 Å². The molecule has 0 aromatic carbocycles. The van der Waals surface area contributed by atoms with Crippen molar-refractivity contribution in [2.75, 3.05) is 6.61 Å². The fraction of sp³-hybridized carbons (Fsp3) is 0.833. The highest BCUT2D eigenvalue weighted by Gasteiger charge is 2.29. The van der Waals surface area contributed by atoms with Crippen molar-refractivity contribution in [3.05, 3.63) is 0 Å². The summed E-state index contributed by atoms with van der Waals surface area (Å²) in [5, 5.41) is 33.9. The summed E-state index contributed by atoms with van der Waals surface area (Å²) in [5.41, 5.74) is 0. The highest BCUT2D eigenvalue weighted by molar-refractivity contribution is 6.28. The van der Waals surface area contributed by atoms with Gasteiger partial charge in [0.25, 0.3) is 0 Å². The van der Waals surface area contributed by atoms with Gasteiger partial charge < -0.3 is 25.2 Å². The molecule has 0 aromatic heterocycles. The Morgan fingerprint density at radius 1 is 1.25 bits per heavy atom. The first-order valence-corrected chi connectivity index (χ1v) is 3.72. The third-order valence-corrected chi connectivity index (χ3v) is 1.75. The zero-order valence-corrected chi connectivity index (χ0v) is 6.92. The van der Waals surface area contributed by atoms with E-state index in [1.807, 2.05) is 0 Å². The Labute approximate surface area is 74.2 Å². The molecule has 0 heterocycles. The van der Waals surface area contributed by atoms with E-state index in [-0.39, 0.29) is 6.29 Å². The molecule has 4 N–H and O–H groups in total. The molecule has 0 bridgehead atoms. The summed E-state index contributed by atoms with van der Waals surface area (Å²) < 4.78 is 0. The van der Waals surface area contributed by atoms with Crippen LogP contribution >= 0.6 is 11.6 Å². The number of carbonyl (C=O) groups excluding carboxylic acids is 1. The van der Waals surface area contributed by atoms with Crippen molar-refractivity contribution >= 4 is 17.9 Å². The van der Waals surface area contributed by atoms with Crippen LogP contribution in [0.25, 0.3) is 0 Å². The highest BCUT2D eigenvalue weighted by Crippen LogP contribution is 2.07. The molecule has 0 saturated carbocycles. The average Bonchev–Trinajstić information content (AvgIpc) is 2.12. The minimum absolute atomic E-state index is 0.236. The molecule has 5 nitrogen and oxygen atoms in total. The number of hydrogen-bond donors (Lipinski definition) is 4. The van der Waals surface area contributed by atoms with Gasteiger partial charge in [-0.3, -0.25) is 0 Å². The van der Waals surface area contributed by atoms with E-state index in [0.717, 1.165) is 0 Å². The van der Waals surface area contributed by atoms with Crippen LogP contribution in [0.3, 0.4) is 0 Å². The molecule has 0 aromatic rings. The Morgan fingerprint density at radius 3 is 2.08 bits per heavy atom. The van der Waals surface area contributed by atoms with Gasteiger partial charge in [0, 0.05) is 0 Å². The molecule has 0 fully saturated rings. The third kappa shape index (κ3) is 3.04. The van der Waals surface area contributed by atoms with Crippen LogP contribution in [0.15, 0.2) is 0 Å². The minimum Gasteiger partial charge on any atom is -0.394 e. The number of aldehydes is 1. The van der Waals surface area contributed by atoms with Crippen LogP contribution < -0.4 is 0 Å². The van der Waals surface area contributed by atoms with E-state index in [1.165, 1.54) is 0 Å². The zero-order valence-electron chi connectivity index (χ0n) is 6.17. The van der Waals surface area contributed by atoms with Gasteiger partial charge in [0.2, 0.25) is 0 Å². The van der Waals surface area contributed by atoms with Crippen LogP contribution in [0, 0.1) is 0 Å². The van der Waals surface area contributed by atoms with Gasteiger partial charge in [-0.25, -0.2) is 0 Å². The smallest absolute Gasteiger partial charge is 0.140 e. The number of rotatable bonds is 5. The van der Waals surface area contributed by atoms with E-state index in [9.17, 15) is 4.79 Å². The Kier molecular flexibility index (Phi) is 5.36. The number of halogens is 1. The van der Waals surface area contributed by atoms with Gasteiger partial charge in [-0.1, -0.05) is 0 Å². The van der Waals surface area contributed by atoms with Crippen LogP contribution in [0.1, 0.15) is 0 Å². The van der Waals surface area contributed by atoms with Crippen molar-refractivity contribution in [1.82, 2.24) is 0 Å². The van der Waals surface area contributed by atoms with Crippen LogP contribution in [0.5, 0.6) is 0 Å². The molecule has 6 heteroatoms. The maximum absolute atomic E-state index is 10.0. The third-order valence-electron chi connectivity index (χ3n) is 1.39. The van der Waals surface area contributed by atoms with E-state index >= 15 is 0 Å². The highest BCUT2D eigenvalue weighted by atomic mass is 35.5. The van der Waals surface area contributed by atoms with E-state index in [2.05, 4.69) is 0 Å². The Morgan fingerprint density at radius 2 is 1.75 bits per heavy atom. The predicted molar refractivity (Wildman–Crippen MR) is 40.8 cm³/mol. The summed E-state index contributed by atoms with van der Waals surface area (Å²) in [6.07, 6.45) is -4.46. The lowest BCUT2D eigenvalue weighted by Gasteiger charge is -2.22. The quantitative estimate of drug-likeness (QED) is 0.299. The molecular weight excluding hydrogens is 188 g/mol. The molecule has 0 amide bonds. The average molecular weight is 199 g/mol. The molecular formula is C6H11ClO5. The van der Waals surface area contributed by atoms with Gasteiger partial charge in [0.15, 0.2) is 0 Å². The van der Waals surface area contributed by atoms with Crippen LogP contribution in [-0.2, 0) is 4.79 Å². The first-order valence-electron chi connectivity index (χ1n) is 3.29. The van der Waals surface area contributed by atoms with E-state index in [1.54, 1.807) is 0 Å². The SMILES string of the molecule is O=C[C@@H](Cl)[C@@H](O)[C@@H](O)[C@H](O)CO. The second-order valence-electron chi connectivity index (χ2n) is 2.31. The Balaban J connectivity index is 4.07. The summed E-state index contributed by atoms with van der Waals surface area (Å²) >= 11 is 5.24. The minimum atomic E-state index is -1.62. The van der Waals surface area contributed by atoms with Crippen molar-refractivity contribution in [2.24, 2.45) is 0 Å². The standard InChI is InChI=1S/C6H11ClO5/c7-3(1-8)5(11)6(12)4(10)2-9/h1,3-6,9-12H,2H2/t3-,4-,5-,6+/m1/s1. The summed E-state index contributed by atoms with van der Waals surface area (Å²) in [7, 11) is 0. The maximum Gasteiger partial charge on any atom is 0.140 e. The van der Waals surface area contributed by atoms with Crippen molar-refractivity contribution in [3.8, 4) is 0 Å². The summed E-state index contributed by atoms with van der Waals surface area (Å²) in [6.45, 7) is -0.708. The number of aliphatic hydroxyl groups excluding tert-OH is 4. The van der Waals surface area contributed by atoms with Gasteiger partial charge in [-0.05, 0) is 0 Å². The molecule has 0 aliphatic carbocycles. The molecule has 0 aliphatic rings. The van der Waals surface area contributed by atoms with Gasteiger partial charge in [-0.15, -0.1) is 11.6 Å². The maximum atomic E-state index is 10.0. The molecule has 0 rings (SSSR count). The summed E-state index contributed by atoms with van der Waals surface area (Å²) in [5.74, 6) is 0. The summed E-state index contributed by atoms with van der Waals surface area (Å²) in [4.78, 5) is 10.0. The van der Waals surface area contributed by atoms with Crippen molar-refractivity contribution < 1.29 is 25.2 Å². The molecule has 0 aliphatic heterocycles. The van der Waals surface area contributed by atoms with E-state index in [0.29, 0.717) is 0 Å². The normalized spacial score (nSPS) is 21.1. The molecule has 0 saturated heterocycles. The van der Waals surface area contributed by atoms with Crippen LogP contribution in [0.4, 0.5) is 0 Å². The second kappa shape index (κ2) is 5.45.